The Labute approximate surface area is 133 Å². The molecule has 1 saturated carbocycles. The number of piperazine rings is 1. The van der Waals surface area contributed by atoms with Crippen molar-refractivity contribution in [2.75, 3.05) is 13.1 Å². The summed E-state index contributed by atoms with van der Waals surface area (Å²) in [6.07, 6.45) is 9.56. The van der Waals surface area contributed by atoms with Crippen LogP contribution in [0.2, 0.25) is 0 Å². The molecule has 2 aliphatic rings. The zero-order chi connectivity index (χ0) is 15.7. The van der Waals surface area contributed by atoms with E-state index >= 15 is 0 Å². The van der Waals surface area contributed by atoms with Gasteiger partial charge in [0.05, 0.1) is 0 Å². The Morgan fingerprint density at radius 2 is 1.67 bits per heavy atom. The summed E-state index contributed by atoms with van der Waals surface area (Å²) < 4.78 is 0. The fourth-order valence-corrected chi connectivity index (χ4v) is 4.99. The van der Waals surface area contributed by atoms with Crippen LogP contribution in [0.5, 0.6) is 0 Å². The van der Waals surface area contributed by atoms with Gasteiger partial charge in [-0.1, -0.05) is 47.0 Å². The molecule has 2 heteroatoms. The molecule has 0 aromatic rings. The summed E-state index contributed by atoms with van der Waals surface area (Å²) in [6.45, 7) is 16.9. The molecule has 2 rings (SSSR count). The molecule has 1 N–H and O–H groups in total. The van der Waals surface area contributed by atoms with Crippen molar-refractivity contribution >= 4 is 0 Å². The van der Waals surface area contributed by atoms with Crippen molar-refractivity contribution in [3.63, 3.8) is 0 Å². The number of nitrogens with one attached hydrogen (secondary N) is 1. The van der Waals surface area contributed by atoms with E-state index < -0.39 is 0 Å². The van der Waals surface area contributed by atoms with Gasteiger partial charge in [0.2, 0.25) is 0 Å². The summed E-state index contributed by atoms with van der Waals surface area (Å²) in [5.74, 6) is 0. The molecule has 1 heterocycles. The second-order valence-corrected chi connectivity index (χ2v) is 9.46. The summed E-state index contributed by atoms with van der Waals surface area (Å²) in [6, 6.07) is 0.704. The monoisotopic (exact) mass is 294 g/mol. The van der Waals surface area contributed by atoms with E-state index in [4.69, 9.17) is 0 Å². The van der Waals surface area contributed by atoms with Crippen LogP contribution < -0.4 is 5.32 Å². The van der Waals surface area contributed by atoms with Gasteiger partial charge in [-0.25, -0.2) is 0 Å². The maximum absolute atomic E-state index is 3.96. The van der Waals surface area contributed by atoms with Gasteiger partial charge in [0.25, 0.3) is 0 Å². The van der Waals surface area contributed by atoms with Crippen LogP contribution in [0.4, 0.5) is 0 Å². The highest BCUT2D eigenvalue weighted by atomic mass is 15.3. The van der Waals surface area contributed by atoms with E-state index in [1.165, 1.54) is 58.0 Å². The van der Waals surface area contributed by atoms with Crippen molar-refractivity contribution in [1.29, 1.82) is 0 Å². The zero-order valence-electron chi connectivity index (χ0n) is 15.4. The van der Waals surface area contributed by atoms with Gasteiger partial charge < -0.3 is 5.32 Å². The number of rotatable bonds is 3. The third-order valence-corrected chi connectivity index (χ3v) is 5.65. The van der Waals surface area contributed by atoms with Crippen LogP contribution in [0.3, 0.4) is 0 Å². The van der Waals surface area contributed by atoms with Gasteiger partial charge in [-0.3, -0.25) is 4.90 Å². The number of hydrogen-bond donors (Lipinski definition) is 1. The van der Waals surface area contributed by atoms with Gasteiger partial charge >= 0.3 is 0 Å². The van der Waals surface area contributed by atoms with Crippen molar-refractivity contribution < 1.29 is 0 Å². The van der Waals surface area contributed by atoms with Gasteiger partial charge in [0.1, 0.15) is 0 Å². The van der Waals surface area contributed by atoms with Gasteiger partial charge in [-0.15, -0.1) is 0 Å². The third-order valence-electron chi connectivity index (χ3n) is 5.65. The maximum atomic E-state index is 3.96. The van der Waals surface area contributed by atoms with Crippen LogP contribution in [0, 0.1) is 5.41 Å². The first-order valence-corrected chi connectivity index (χ1v) is 9.19. The van der Waals surface area contributed by atoms with E-state index in [0.29, 0.717) is 22.5 Å². The van der Waals surface area contributed by atoms with Gasteiger partial charge in [-0.05, 0) is 44.9 Å². The topological polar surface area (TPSA) is 15.3 Å². The van der Waals surface area contributed by atoms with Crippen molar-refractivity contribution in [2.24, 2.45) is 5.41 Å². The molecule has 124 valence electrons. The Morgan fingerprint density at radius 3 is 2.19 bits per heavy atom. The van der Waals surface area contributed by atoms with Crippen LogP contribution >= 0.6 is 0 Å². The van der Waals surface area contributed by atoms with E-state index in [1.807, 2.05) is 0 Å². The van der Waals surface area contributed by atoms with E-state index in [1.54, 1.807) is 0 Å². The average molecular weight is 295 g/mol. The number of hydrogen-bond acceptors (Lipinski definition) is 2. The first kappa shape index (κ1) is 17.3. The average Bonchev–Trinajstić information content (AvgIpc) is 2.37. The summed E-state index contributed by atoms with van der Waals surface area (Å²) in [5, 5.41) is 3.96. The number of nitrogens with zero attached hydrogens (tertiary/aromatic N) is 1. The van der Waals surface area contributed by atoms with Crippen molar-refractivity contribution in [1.82, 2.24) is 10.2 Å². The van der Waals surface area contributed by atoms with Crippen molar-refractivity contribution in [3.8, 4) is 0 Å². The SMILES string of the molecule is CCC1CNC2(CCCCC2)CN1C(C)(C)CC(C)(C)C. The molecule has 21 heavy (non-hydrogen) atoms. The predicted octanol–water partition coefficient (Wildman–Crippen LogP) is 4.59. The molecular weight excluding hydrogens is 256 g/mol. The molecule has 1 unspecified atom stereocenters. The van der Waals surface area contributed by atoms with Crippen molar-refractivity contribution in [2.45, 2.75) is 104 Å². The lowest BCUT2D eigenvalue weighted by Gasteiger charge is -2.56. The molecule has 1 atom stereocenters. The standard InChI is InChI=1S/C19H38N2/c1-7-16-13-20-19(11-9-8-10-12-19)15-21(16)18(5,6)14-17(2,3)4/h16,20H,7-15H2,1-6H3. The second-order valence-electron chi connectivity index (χ2n) is 9.46. The summed E-state index contributed by atoms with van der Waals surface area (Å²) in [7, 11) is 0. The quantitative estimate of drug-likeness (QED) is 0.819. The lowest BCUT2D eigenvalue weighted by Crippen LogP contribution is -2.69. The Bertz CT molecular complexity index is 334. The molecule has 1 aliphatic carbocycles. The van der Waals surface area contributed by atoms with E-state index in [9.17, 15) is 0 Å². The van der Waals surface area contributed by atoms with Crippen LogP contribution in [-0.2, 0) is 0 Å². The Morgan fingerprint density at radius 1 is 1.05 bits per heavy atom. The molecule has 0 radical (unpaired) electrons. The van der Waals surface area contributed by atoms with Crippen LogP contribution in [0.15, 0.2) is 0 Å². The van der Waals surface area contributed by atoms with Gasteiger partial charge in [-0.2, -0.15) is 0 Å². The molecule has 1 spiro atoms. The molecule has 0 aromatic heterocycles. The van der Waals surface area contributed by atoms with Crippen molar-refractivity contribution in [3.05, 3.63) is 0 Å². The molecule has 2 fully saturated rings. The molecule has 1 aliphatic heterocycles. The Hall–Kier alpha value is -0.0800. The lowest BCUT2D eigenvalue weighted by atomic mass is 9.75. The van der Waals surface area contributed by atoms with E-state index in [0.717, 1.165) is 0 Å². The van der Waals surface area contributed by atoms with Gasteiger partial charge in [0.15, 0.2) is 0 Å². The highest BCUT2D eigenvalue weighted by Crippen LogP contribution is 2.39. The fraction of sp³-hybridized carbons (Fsp3) is 1.00. The second kappa shape index (κ2) is 6.20. The van der Waals surface area contributed by atoms with Crippen LogP contribution in [0.25, 0.3) is 0 Å². The zero-order valence-corrected chi connectivity index (χ0v) is 15.4. The largest absolute Gasteiger partial charge is 0.308 e. The molecule has 0 bridgehead atoms. The molecular formula is C19H38N2. The lowest BCUT2D eigenvalue weighted by molar-refractivity contribution is -0.0296. The Kier molecular flexibility index (Phi) is 5.10. The van der Waals surface area contributed by atoms with E-state index in [-0.39, 0.29) is 0 Å². The third kappa shape index (κ3) is 4.22. The Balaban J connectivity index is 2.16. The summed E-state index contributed by atoms with van der Waals surface area (Å²) >= 11 is 0. The summed E-state index contributed by atoms with van der Waals surface area (Å²) in [4.78, 5) is 2.86. The fourth-order valence-electron chi connectivity index (χ4n) is 4.99. The van der Waals surface area contributed by atoms with Crippen LogP contribution in [0.1, 0.15) is 86.5 Å². The predicted molar refractivity (Wildman–Crippen MR) is 92.8 cm³/mol. The maximum Gasteiger partial charge on any atom is 0.0309 e. The molecule has 0 aromatic carbocycles. The first-order valence-electron chi connectivity index (χ1n) is 9.19. The van der Waals surface area contributed by atoms with E-state index in [2.05, 4.69) is 51.8 Å². The molecule has 0 amide bonds. The summed E-state index contributed by atoms with van der Waals surface area (Å²) in [5.41, 5.74) is 1.11. The minimum atomic E-state index is 0.297. The van der Waals surface area contributed by atoms with Crippen LogP contribution in [-0.4, -0.2) is 35.1 Å². The van der Waals surface area contributed by atoms with Gasteiger partial charge in [0, 0.05) is 30.2 Å². The first-order chi connectivity index (χ1) is 9.68. The minimum Gasteiger partial charge on any atom is -0.308 e. The minimum absolute atomic E-state index is 0.297. The molecule has 2 nitrogen and oxygen atoms in total. The highest BCUT2D eigenvalue weighted by molar-refractivity contribution is 5.03. The highest BCUT2D eigenvalue weighted by Gasteiger charge is 2.44. The normalized spacial score (nSPS) is 28.0. The molecule has 1 saturated heterocycles. The smallest absolute Gasteiger partial charge is 0.0309 e.